The van der Waals surface area contributed by atoms with Crippen molar-refractivity contribution in [3.05, 3.63) is 24.1 Å². The maximum absolute atomic E-state index is 5.89. The van der Waals surface area contributed by atoms with Crippen molar-refractivity contribution in [1.29, 1.82) is 0 Å². The summed E-state index contributed by atoms with van der Waals surface area (Å²) in [7, 11) is 3.14. The molecule has 2 aromatic rings. The van der Waals surface area contributed by atoms with Crippen molar-refractivity contribution in [1.82, 2.24) is 10.2 Å². The first kappa shape index (κ1) is 12.7. The van der Waals surface area contributed by atoms with E-state index in [0.717, 1.165) is 0 Å². The van der Waals surface area contributed by atoms with Gasteiger partial charge in [0.05, 0.1) is 14.2 Å². The minimum absolute atomic E-state index is 0.326. The predicted molar refractivity (Wildman–Crippen MR) is 67.1 cm³/mol. The van der Waals surface area contributed by atoms with Crippen LogP contribution in [0, 0.1) is 0 Å². The lowest BCUT2D eigenvalue weighted by Gasteiger charge is -2.09. The minimum Gasteiger partial charge on any atom is -0.496 e. The molecular formula is C12H13ClN2O3. The maximum Gasteiger partial charge on any atom is 0.255 e. The van der Waals surface area contributed by atoms with Gasteiger partial charge in [0.2, 0.25) is 5.89 Å². The highest BCUT2D eigenvalue weighted by molar-refractivity contribution is 6.20. The molecule has 0 bridgehead atoms. The van der Waals surface area contributed by atoms with Gasteiger partial charge in [-0.25, -0.2) is 0 Å². The van der Waals surface area contributed by atoms with E-state index >= 15 is 0 Å². The third kappa shape index (κ3) is 2.26. The van der Waals surface area contributed by atoms with Crippen LogP contribution >= 0.6 is 11.6 Å². The quantitative estimate of drug-likeness (QED) is 0.798. The van der Waals surface area contributed by atoms with E-state index in [0.29, 0.717) is 28.8 Å². The number of aromatic nitrogens is 2. The molecule has 0 N–H and O–H groups in total. The van der Waals surface area contributed by atoms with Crippen molar-refractivity contribution in [2.24, 2.45) is 0 Å². The first-order chi connectivity index (χ1) is 8.67. The van der Waals surface area contributed by atoms with E-state index in [4.69, 9.17) is 25.5 Å². The Morgan fingerprint density at radius 3 is 2.22 bits per heavy atom. The van der Waals surface area contributed by atoms with Gasteiger partial charge in [0, 0.05) is 0 Å². The molecule has 5 nitrogen and oxygen atoms in total. The average molecular weight is 269 g/mol. The standard InChI is InChI=1S/C12H13ClN2O3/c1-7(13)11-14-15-12(18-11)10-8(16-2)5-4-6-9(10)17-3/h4-7H,1-3H3. The number of benzene rings is 1. The molecular weight excluding hydrogens is 256 g/mol. The number of methoxy groups -OCH3 is 2. The van der Waals surface area contributed by atoms with Crippen LogP contribution in [0.2, 0.25) is 0 Å². The lowest BCUT2D eigenvalue weighted by atomic mass is 10.2. The third-order valence-electron chi connectivity index (χ3n) is 2.42. The Hall–Kier alpha value is -1.75. The van der Waals surface area contributed by atoms with E-state index in [2.05, 4.69) is 10.2 Å². The van der Waals surface area contributed by atoms with E-state index in [-0.39, 0.29) is 5.38 Å². The molecule has 1 heterocycles. The summed E-state index contributed by atoms with van der Waals surface area (Å²) in [6.07, 6.45) is 0. The van der Waals surface area contributed by atoms with Gasteiger partial charge in [0.15, 0.2) is 0 Å². The zero-order valence-corrected chi connectivity index (χ0v) is 11.1. The van der Waals surface area contributed by atoms with Crippen LogP contribution in [0.5, 0.6) is 11.5 Å². The molecule has 18 heavy (non-hydrogen) atoms. The van der Waals surface area contributed by atoms with Crippen molar-refractivity contribution in [3.8, 4) is 23.0 Å². The van der Waals surface area contributed by atoms with E-state index in [1.807, 2.05) is 6.07 Å². The summed E-state index contributed by atoms with van der Waals surface area (Å²) in [6, 6.07) is 5.42. The summed E-state index contributed by atoms with van der Waals surface area (Å²) in [5.74, 6) is 1.89. The molecule has 96 valence electrons. The normalized spacial score (nSPS) is 12.2. The molecule has 0 spiro atoms. The Balaban J connectivity index is 2.54. The van der Waals surface area contributed by atoms with Gasteiger partial charge in [-0.05, 0) is 19.1 Å². The van der Waals surface area contributed by atoms with Crippen LogP contribution in [0.15, 0.2) is 22.6 Å². The Morgan fingerprint density at radius 1 is 1.17 bits per heavy atom. The van der Waals surface area contributed by atoms with Gasteiger partial charge < -0.3 is 13.9 Å². The second-order valence-electron chi connectivity index (χ2n) is 3.60. The number of ether oxygens (including phenoxy) is 2. The van der Waals surface area contributed by atoms with E-state index in [1.165, 1.54) is 0 Å². The fraction of sp³-hybridized carbons (Fsp3) is 0.333. The second-order valence-corrected chi connectivity index (χ2v) is 4.25. The first-order valence-electron chi connectivity index (χ1n) is 5.36. The van der Waals surface area contributed by atoms with Crippen LogP contribution in [0.25, 0.3) is 11.5 Å². The van der Waals surface area contributed by atoms with Crippen molar-refractivity contribution < 1.29 is 13.9 Å². The number of rotatable bonds is 4. The molecule has 0 fully saturated rings. The van der Waals surface area contributed by atoms with Gasteiger partial charge in [-0.1, -0.05) is 6.07 Å². The predicted octanol–water partition coefficient (Wildman–Crippen LogP) is 3.05. The smallest absolute Gasteiger partial charge is 0.255 e. The maximum atomic E-state index is 5.89. The molecule has 0 aliphatic rings. The lowest BCUT2D eigenvalue weighted by Crippen LogP contribution is -1.93. The summed E-state index contributed by atoms with van der Waals surface area (Å²) < 4.78 is 16.0. The Bertz CT molecular complexity index is 518. The summed E-state index contributed by atoms with van der Waals surface area (Å²) in [5.41, 5.74) is 0.624. The molecule has 0 radical (unpaired) electrons. The molecule has 1 atom stereocenters. The van der Waals surface area contributed by atoms with Gasteiger partial charge >= 0.3 is 0 Å². The monoisotopic (exact) mass is 268 g/mol. The lowest BCUT2D eigenvalue weighted by molar-refractivity contribution is 0.393. The molecule has 0 aliphatic carbocycles. The largest absolute Gasteiger partial charge is 0.496 e. The number of hydrogen-bond donors (Lipinski definition) is 0. The summed E-state index contributed by atoms with van der Waals surface area (Å²) in [5, 5.41) is 7.51. The van der Waals surface area contributed by atoms with Gasteiger partial charge in [-0.3, -0.25) is 0 Å². The Labute approximate surface area is 110 Å². The van der Waals surface area contributed by atoms with E-state index in [9.17, 15) is 0 Å². The van der Waals surface area contributed by atoms with Crippen LogP contribution < -0.4 is 9.47 Å². The molecule has 6 heteroatoms. The molecule has 1 aromatic carbocycles. The number of nitrogens with zero attached hydrogens (tertiary/aromatic N) is 2. The zero-order valence-electron chi connectivity index (χ0n) is 10.3. The highest BCUT2D eigenvalue weighted by Gasteiger charge is 2.20. The van der Waals surface area contributed by atoms with Crippen LogP contribution in [0.3, 0.4) is 0 Å². The Kier molecular flexibility index (Phi) is 3.72. The highest BCUT2D eigenvalue weighted by Crippen LogP contribution is 2.38. The van der Waals surface area contributed by atoms with Gasteiger partial charge in [-0.2, -0.15) is 0 Å². The van der Waals surface area contributed by atoms with Crippen molar-refractivity contribution in [2.75, 3.05) is 14.2 Å². The molecule has 2 rings (SSSR count). The molecule has 1 unspecified atom stereocenters. The Morgan fingerprint density at radius 2 is 1.78 bits per heavy atom. The van der Waals surface area contributed by atoms with E-state index in [1.54, 1.807) is 33.3 Å². The molecule has 0 saturated carbocycles. The molecule has 0 amide bonds. The van der Waals surface area contributed by atoms with Gasteiger partial charge in [0.1, 0.15) is 22.4 Å². The van der Waals surface area contributed by atoms with E-state index < -0.39 is 0 Å². The first-order valence-corrected chi connectivity index (χ1v) is 5.79. The fourth-order valence-corrected chi connectivity index (χ4v) is 1.65. The van der Waals surface area contributed by atoms with Gasteiger partial charge in [-0.15, -0.1) is 21.8 Å². The SMILES string of the molecule is COc1cccc(OC)c1-c1nnc(C(C)Cl)o1. The number of hydrogen-bond acceptors (Lipinski definition) is 5. The van der Waals surface area contributed by atoms with Crippen molar-refractivity contribution >= 4 is 11.6 Å². The average Bonchev–Trinajstić information content (AvgIpc) is 2.87. The van der Waals surface area contributed by atoms with Crippen LogP contribution in [-0.2, 0) is 0 Å². The fourth-order valence-electron chi connectivity index (χ4n) is 1.56. The second kappa shape index (κ2) is 5.27. The topological polar surface area (TPSA) is 57.4 Å². The molecule has 0 saturated heterocycles. The van der Waals surface area contributed by atoms with Crippen molar-refractivity contribution in [2.45, 2.75) is 12.3 Å². The highest BCUT2D eigenvalue weighted by atomic mass is 35.5. The zero-order chi connectivity index (χ0) is 13.1. The minimum atomic E-state index is -0.341. The third-order valence-corrected chi connectivity index (χ3v) is 2.61. The number of alkyl halides is 1. The molecule has 1 aromatic heterocycles. The summed E-state index contributed by atoms with van der Waals surface area (Å²) >= 11 is 5.89. The summed E-state index contributed by atoms with van der Waals surface area (Å²) in [4.78, 5) is 0. The number of halogens is 1. The summed E-state index contributed by atoms with van der Waals surface area (Å²) in [6.45, 7) is 1.76. The van der Waals surface area contributed by atoms with Crippen LogP contribution in [0.4, 0.5) is 0 Å². The molecule has 0 aliphatic heterocycles. The van der Waals surface area contributed by atoms with Crippen molar-refractivity contribution in [3.63, 3.8) is 0 Å². The van der Waals surface area contributed by atoms with Crippen LogP contribution in [0.1, 0.15) is 18.2 Å². The van der Waals surface area contributed by atoms with Gasteiger partial charge in [0.25, 0.3) is 5.89 Å². The van der Waals surface area contributed by atoms with Crippen LogP contribution in [-0.4, -0.2) is 24.4 Å².